The molecule has 1 N–H and O–H groups in total. The molecule has 22 heavy (non-hydrogen) atoms. The van der Waals surface area contributed by atoms with E-state index < -0.39 is 11.7 Å². The van der Waals surface area contributed by atoms with Gasteiger partial charge in [0.15, 0.2) is 0 Å². The molecular weight excluding hydrogens is 279 g/mol. The molecule has 0 aliphatic rings. The van der Waals surface area contributed by atoms with Gasteiger partial charge in [-0.2, -0.15) is 5.26 Å². The van der Waals surface area contributed by atoms with Crippen molar-refractivity contribution in [3.05, 3.63) is 71.0 Å². The molecule has 0 saturated carbocycles. The van der Waals surface area contributed by atoms with E-state index in [2.05, 4.69) is 5.32 Å². The van der Waals surface area contributed by atoms with Crippen molar-refractivity contribution < 1.29 is 9.18 Å². The molecule has 0 spiro atoms. The van der Waals surface area contributed by atoms with Crippen LogP contribution in [0.2, 0.25) is 0 Å². The fourth-order valence-electron chi connectivity index (χ4n) is 1.93. The smallest absolute Gasteiger partial charge is 0.266 e. The van der Waals surface area contributed by atoms with Crippen LogP contribution >= 0.6 is 0 Å². The van der Waals surface area contributed by atoms with Crippen LogP contribution in [0.4, 0.5) is 10.1 Å². The summed E-state index contributed by atoms with van der Waals surface area (Å²) in [7, 11) is 0. The molecule has 0 heterocycles. The molecule has 2 aromatic rings. The first-order valence-corrected chi connectivity index (χ1v) is 6.90. The van der Waals surface area contributed by atoms with Crippen LogP contribution < -0.4 is 5.32 Å². The Morgan fingerprint density at radius 3 is 2.59 bits per heavy atom. The number of hydrogen-bond donors (Lipinski definition) is 1. The van der Waals surface area contributed by atoms with Gasteiger partial charge >= 0.3 is 0 Å². The first-order valence-electron chi connectivity index (χ1n) is 6.90. The lowest BCUT2D eigenvalue weighted by Gasteiger charge is -2.05. The second-order valence-corrected chi connectivity index (χ2v) is 4.73. The SMILES string of the molecule is CCc1ccc(NC(=O)/C(C#N)=C/c2cccc(F)c2)cc1. The molecule has 0 aliphatic heterocycles. The number of amides is 1. The molecule has 0 aromatic heterocycles. The van der Waals surface area contributed by atoms with Gasteiger partial charge in [-0.1, -0.05) is 31.2 Å². The van der Waals surface area contributed by atoms with Gasteiger partial charge in [0.1, 0.15) is 17.5 Å². The Morgan fingerprint density at radius 2 is 2.00 bits per heavy atom. The van der Waals surface area contributed by atoms with Gasteiger partial charge in [-0.3, -0.25) is 4.79 Å². The average Bonchev–Trinajstić information content (AvgIpc) is 2.53. The number of anilines is 1. The number of rotatable bonds is 4. The first-order chi connectivity index (χ1) is 10.6. The van der Waals surface area contributed by atoms with Gasteiger partial charge in [-0.05, 0) is 47.9 Å². The van der Waals surface area contributed by atoms with Crippen molar-refractivity contribution in [2.75, 3.05) is 5.32 Å². The predicted octanol–water partition coefficient (Wildman–Crippen LogP) is 3.93. The van der Waals surface area contributed by atoms with Crippen LogP contribution in [0, 0.1) is 17.1 Å². The second-order valence-electron chi connectivity index (χ2n) is 4.73. The normalized spacial score (nSPS) is 10.9. The van der Waals surface area contributed by atoms with E-state index >= 15 is 0 Å². The van der Waals surface area contributed by atoms with Crippen molar-refractivity contribution in [2.45, 2.75) is 13.3 Å². The number of carbonyl (C=O) groups is 1. The molecule has 0 aliphatic carbocycles. The van der Waals surface area contributed by atoms with Crippen molar-refractivity contribution in [1.82, 2.24) is 0 Å². The standard InChI is InChI=1S/C18H15FN2O/c1-2-13-6-8-17(9-7-13)21-18(22)15(12-20)10-14-4-3-5-16(19)11-14/h3-11H,2H2,1H3,(H,21,22)/b15-10+. The molecule has 2 rings (SSSR count). The van der Waals surface area contributed by atoms with E-state index in [1.165, 1.54) is 24.3 Å². The Morgan fingerprint density at radius 1 is 1.27 bits per heavy atom. The molecule has 0 atom stereocenters. The van der Waals surface area contributed by atoms with E-state index in [1.54, 1.807) is 18.2 Å². The van der Waals surface area contributed by atoms with Crippen LogP contribution in [0.25, 0.3) is 6.08 Å². The van der Waals surface area contributed by atoms with Gasteiger partial charge in [-0.15, -0.1) is 0 Å². The van der Waals surface area contributed by atoms with Crippen LogP contribution in [-0.4, -0.2) is 5.91 Å². The Labute approximate surface area is 128 Å². The zero-order valence-electron chi connectivity index (χ0n) is 12.1. The fraction of sp³-hybridized carbons (Fsp3) is 0.111. The lowest BCUT2D eigenvalue weighted by molar-refractivity contribution is -0.112. The zero-order chi connectivity index (χ0) is 15.9. The Kier molecular flexibility index (Phi) is 5.05. The van der Waals surface area contributed by atoms with E-state index in [9.17, 15) is 9.18 Å². The minimum absolute atomic E-state index is 0.0785. The van der Waals surface area contributed by atoms with E-state index in [0.29, 0.717) is 11.3 Å². The third kappa shape index (κ3) is 4.03. The number of halogens is 1. The summed E-state index contributed by atoms with van der Waals surface area (Å²) in [5.41, 5.74) is 2.16. The summed E-state index contributed by atoms with van der Waals surface area (Å²) in [5.74, 6) is -0.933. The summed E-state index contributed by atoms with van der Waals surface area (Å²) in [6.45, 7) is 2.04. The Hall–Kier alpha value is -2.93. The number of carbonyl (C=O) groups excluding carboxylic acids is 1. The lowest BCUT2D eigenvalue weighted by atomic mass is 10.1. The largest absolute Gasteiger partial charge is 0.321 e. The number of benzene rings is 2. The minimum atomic E-state index is -0.518. The van der Waals surface area contributed by atoms with Gasteiger partial charge in [0.05, 0.1) is 0 Å². The fourth-order valence-corrected chi connectivity index (χ4v) is 1.93. The highest BCUT2D eigenvalue weighted by molar-refractivity contribution is 6.09. The van der Waals surface area contributed by atoms with Crippen LogP contribution in [0.5, 0.6) is 0 Å². The number of nitriles is 1. The van der Waals surface area contributed by atoms with E-state index in [0.717, 1.165) is 12.0 Å². The number of hydrogen-bond acceptors (Lipinski definition) is 2. The molecule has 0 unspecified atom stereocenters. The van der Waals surface area contributed by atoms with Crippen LogP contribution in [-0.2, 0) is 11.2 Å². The topological polar surface area (TPSA) is 52.9 Å². The average molecular weight is 294 g/mol. The van der Waals surface area contributed by atoms with Crippen LogP contribution in [0.1, 0.15) is 18.1 Å². The lowest BCUT2D eigenvalue weighted by Crippen LogP contribution is -2.13. The number of nitrogens with zero attached hydrogens (tertiary/aromatic N) is 1. The highest BCUT2D eigenvalue weighted by Gasteiger charge is 2.09. The predicted molar refractivity (Wildman–Crippen MR) is 84.4 cm³/mol. The maximum Gasteiger partial charge on any atom is 0.266 e. The highest BCUT2D eigenvalue weighted by atomic mass is 19.1. The van der Waals surface area contributed by atoms with Gasteiger partial charge in [0.2, 0.25) is 0 Å². The van der Waals surface area contributed by atoms with Crippen molar-refractivity contribution >= 4 is 17.7 Å². The highest BCUT2D eigenvalue weighted by Crippen LogP contribution is 2.13. The summed E-state index contributed by atoms with van der Waals surface area (Å²) in [6.07, 6.45) is 2.27. The minimum Gasteiger partial charge on any atom is -0.321 e. The van der Waals surface area contributed by atoms with Crippen LogP contribution in [0.15, 0.2) is 54.1 Å². The molecular formula is C18H15FN2O. The van der Waals surface area contributed by atoms with Gasteiger partial charge in [0.25, 0.3) is 5.91 Å². The zero-order valence-corrected chi connectivity index (χ0v) is 12.1. The summed E-state index contributed by atoms with van der Waals surface area (Å²) < 4.78 is 13.1. The molecule has 0 radical (unpaired) electrons. The van der Waals surface area contributed by atoms with Crippen molar-refractivity contribution in [3.8, 4) is 6.07 Å². The van der Waals surface area contributed by atoms with Crippen LogP contribution in [0.3, 0.4) is 0 Å². The molecule has 0 saturated heterocycles. The summed E-state index contributed by atoms with van der Waals surface area (Å²) in [6, 6.07) is 15.0. The van der Waals surface area contributed by atoms with Crippen molar-refractivity contribution in [3.63, 3.8) is 0 Å². The number of nitrogens with one attached hydrogen (secondary N) is 1. The summed E-state index contributed by atoms with van der Waals surface area (Å²) in [5, 5.41) is 11.8. The first kappa shape index (κ1) is 15.5. The Balaban J connectivity index is 2.16. The molecule has 0 fully saturated rings. The quantitative estimate of drug-likeness (QED) is 0.686. The van der Waals surface area contributed by atoms with Gasteiger partial charge < -0.3 is 5.32 Å². The monoisotopic (exact) mass is 294 g/mol. The Bertz CT molecular complexity index is 742. The number of aryl methyl sites for hydroxylation is 1. The van der Waals surface area contributed by atoms with E-state index in [4.69, 9.17) is 5.26 Å². The van der Waals surface area contributed by atoms with Gasteiger partial charge in [0, 0.05) is 5.69 Å². The molecule has 1 amide bonds. The summed E-state index contributed by atoms with van der Waals surface area (Å²) in [4.78, 5) is 12.1. The van der Waals surface area contributed by atoms with Gasteiger partial charge in [-0.25, -0.2) is 4.39 Å². The molecule has 4 heteroatoms. The summed E-state index contributed by atoms with van der Waals surface area (Å²) >= 11 is 0. The van der Waals surface area contributed by atoms with Crippen molar-refractivity contribution in [2.24, 2.45) is 0 Å². The third-order valence-electron chi connectivity index (χ3n) is 3.14. The third-order valence-corrected chi connectivity index (χ3v) is 3.14. The maximum atomic E-state index is 13.1. The molecule has 2 aromatic carbocycles. The maximum absolute atomic E-state index is 13.1. The molecule has 110 valence electrons. The molecule has 0 bridgehead atoms. The van der Waals surface area contributed by atoms with E-state index in [1.807, 2.05) is 25.1 Å². The van der Waals surface area contributed by atoms with Crippen molar-refractivity contribution in [1.29, 1.82) is 5.26 Å². The van der Waals surface area contributed by atoms with E-state index in [-0.39, 0.29) is 5.57 Å². The molecule has 3 nitrogen and oxygen atoms in total. The second kappa shape index (κ2) is 7.19.